The van der Waals surface area contributed by atoms with E-state index in [0.29, 0.717) is 22.5 Å². The molecule has 1 heterocycles. The maximum atomic E-state index is 12.9. The molecule has 0 fully saturated rings. The lowest BCUT2D eigenvalue weighted by molar-refractivity contribution is -0.139. The van der Waals surface area contributed by atoms with Crippen LogP contribution in [0.4, 0.5) is 0 Å². The third-order valence-corrected chi connectivity index (χ3v) is 4.91. The fourth-order valence-corrected chi connectivity index (χ4v) is 3.68. The number of carbonyl (C=O) groups excluding carboxylic acids is 2. The number of esters is 2. The Morgan fingerprint density at radius 3 is 2.24 bits per heavy atom. The van der Waals surface area contributed by atoms with Crippen molar-refractivity contribution >= 4 is 22.7 Å². The van der Waals surface area contributed by atoms with Crippen molar-refractivity contribution in [2.75, 3.05) is 13.2 Å². The van der Waals surface area contributed by atoms with Crippen molar-refractivity contribution in [3.63, 3.8) is 0 Å². The van der Waals surface area contributed by atoms with Crippen molar-refractivity contribution in [2.24, 2.45) is 0 Å². The first-order valence-electron chi connectivity index (χ1n) is 9.60. The van der Waals surface area contributed by atoms with Crippen LogP contribution in [0.15, 0.2) is 77.7 Å². The highest BCUT2D eigenvalue weighted by Gasteiger charge is 2.37. The second-order valence-electron chi connectivity index (χ2n) is 6.85. The minimum atomic E-state index is -0.586. The predicted octanol–water partition coefficient (Wildman–Crippen LogP) is 4.37. The van der Waals surface area contributed by atoms with Crippen molar-refractivity contribution in [1.29, 1.82) is 0 Å². The van der Waals surface area contributed by atoms with Gasteiger partial charge in [0, 0.05) is 11.4 Å². The van der Waals surface area contributed by atoms with Gasteiger partial charge in [0.15, 0.2) is 0 Å². The molecule has 3 rings (SSSR count). The van der Waals surface area contributed by atoms with Crippen LogP contribution in [0.25, 0.3) is 10.8 Å². The van der Waals surface area contributed by atoms with Gasteiger partial charge < -0.3 is 14.8 Å². The lowest BCUT2D eigenvalue weighted by Crippen LogP contribution is -2.32. The van der Waals surface area contributed by atoms with Gasteiger partial charge in [-0.1, -0.05) is 55.1 Å². The standard InChI is InChI=1S/C24H25NO4/c1-5-13-29-24(27)21-16(4)25-15(3)20(23(26)28-6-2)22(21)19-12-11-17-9-7-8-10-18(17)14-19/h5,7-12,14,22,25H,1,6,13H2,2-4H3. The minimum Gasteiger partial charge on any atom is -0.463 e. The molecule has 0 radical (unpaired) electrons. The Morgan fingerprint density at radius 2 is 1.62 bits per heavy atom. The van der Waals surface area contributed by atoms with Gasteiger partial charge in [0.1, 0.15) is 6.61 Å². The van der Waals surface area contributed by atoms with Gasteiger partial charge in [-0.25, -0.2) is 9.59 Å². The van der Waals surface area contributed by atoms with Crippen molar-refractivity contribution in [3.8, 4) is 0 Å². The molecule has 0 bridgehead atoms. The monoisotopic (exact) mass is 391 g/mol. The van der Waals surface area contributed by atoms with E-state index in [0.717, 1.165) is 16.3 Å². The number of rotatable bonds is 6. The van der Waals surface area contributed by atoms with E-state index < -0.39 is 17.9 Å². The zero-order chi connectivity index (χ0) is 21.0. The number of hydrogen-bond donors (Lipinski definition) is 1. The predicted molar refractivity (Wildman–Crippen MR) is 113 cm³/mol. The molecule has 0 aromatic heterocycles. The molecule has 1 aliphatic rings. The SMILES string of the molecule is C=CCOC(=O)C1=C(C)NC(C)=C(C(=O)OCC)C1c1ccc2ccccc2c1. The van der Waals surface area contributed by atoms with E-state index in [1.165, 1.54) is 6.08 Å². The van der Waals surface area contributed by atoms with Crippen LogP contribution < -0.4 is 5.32 Å². The van der Waals surface area contributed by atoms with Crippen LogP contribution >= 0.6 is 0 Å². The van der Waals surface area contributed by atoms with Crippen LogP contribution in [0.5, 0.6) is 0 Å². The molecule has 0 spiro atoms. The summed E-state index contributed by atoms with van der Waals surface area (Å²) in [5.74, 6) is -1.52. The highest BCUT2D eigenvalue weighted by molar-refractivity contribution is 6.00. The summed E-state index contributed by atoms with van der Waals surface area (Å²) in [6, 6.07) is 13.9. The van der Waals surface area contributed by atoms with Crippen LogP contribution in [0, 0.1) is 0 Å². The lowest BCUT2D eigenvalue weighted by Gasteiger charge is -2.30. The normalized spacial score (nSPS) is 16.4. The van der Waals surface area contributed by atoms with E-state index in [9.17, 15) is 9.59 Å². The first-order valence-corrected chi connectivity index (χ1v) is 9.60. The third kappa shape index (κ3) is 4.09. The molecule has 29 heavy (non-hydrogen) atoms. The fraction of sp³-hybridized carbons (Fsp3) is 0.250. The van der Waals surface area contributed by atoms with Crippen molar-refractivity contribution in [1.82, 2.24) is 5.32 Å². The molecule has 5 heteroatoms. The maximum Gasteiger partial charge on any atom is 0.337 e. The Labute approximate surface area is 170 Å². The summed E-state index contributed by atoms with van der Waals surface area (Å²) >= 11 is 0. The molecular weight excluding hydrogens is 366 g/mol. The van der Waals surface area contributed by atoms with Gasteiger partial charge in [-0.15, -0.1) is 0 Å². The van der Waals surface area contributed by atoms with E-state index in [-0.39, 0.29) is 13.2 Å². The second kappa shape index (κ2) is 8.78. The third-order valence-electron chi connectivity index (χ3n) is 4.91. The Kier molecular flexibility index (Phi) is 6.17. The number of dihydropyridines is 1. The van der Waals surface area contributed by atoms with Crippen molar-refractivity contribution in [3.05, 3.63) is 83.2 Å². The highest BCUT2D eigenvalue weighted by Crippen LogP contribution is 2.40. The van der Waals surface area contributed by atoms with Crippen LogP contribution in [0.2, 0.25) is 0 Å². The summed E-state index contributed by atoms with van der Waals surface area (Å²) in [4.78, 5) is 25.7. The van der Waals surface area contributed by atoms with E-state index >= 15 is 0 Å². The zero-order valence-corrected chi connectivity index (χ0v) is 17.0. The van der Waals surface area contributed by atoms with E-state index in [1.54, 1.807) is 6.92 Å². The first-order chi connectivity index (χ1) is 14.0. The topological polar surface area (TPSA) is 64.6 Å². The Bertz CT molecular complexity index is 1030. The summed E-state index contributed by atoms with van der Waals surface area (Å²) in [5, 5.41) is 5.26. The Balaban J connectivity index is 2.18. The Hall–Kier alpha value is -3.34. The van der Waals surface area contributed by atoms with Gasteiger partial charge in [0.25, 0.3) is 0 Å². The van der Waals surface area contributed by atoms with E-state index in [1.807, 2.05) is 56.3 Å². The van der Waals surface area contributed by atoms with Gasteiger partial charge in [0.2, 0.25) is 0 Å². The summed E-state index contributed by atoms with van der Waals surface area (Å²) in [7, 11) is 0. The van der Waals surface area contributed by atoms with Crippen molar-refractivity contribution < 1.29 is 19.1 Å². The average molecular weight is 391 g/mol. The van der Waals surface area contributed by atoms with Crippen LogP contribution in [-0.4, -0.2) is 25.2 Å². The summed E-state index contributed by atoms with van der Waals surface area (Å²) in [5.41, 5.74) is 2.97. The summed E-state index contributed by atoms with van der Waals surface area (Å²) in [6.07, 6.45) is 1.52. The molecule has 2 aromatic carbocycles. The molecule has 0 amide bonds. The molecule has 1 N–H and O–H groups in total. The molecule has 2 aromatic rings. The Morgan fingerprint density at radius 1 is 1.00 bits per heavy atom. The quantitative estimate of drug-likeness (QED) is 0.585. The fourth-order valence-electron chi connectivity index (χ4n) is 3.68. The molecule has 1 unspecified atom stereocenters. The zero-order valence-electron chi connectivity index (χ0n) is 17.0. The van der Waals surface area contributed by atoms with Gasteiger partial charge >= 0.3 is 11.9 Å². The highest BCUT2D eigenvalue weighted by atomic mass is 16.5. The van der Waals surface area contributed by atoms with E-state index in [2.05, 4.69) is 11.9 Å². The largest absolute Gasteiger partial charge is 0.463 e. The molecule has 0 aliphatic carbocycles. The van der Waals surface area contributed by atoms with Crippen LogP contribution in [0.3, 0.4) is 0 Å². The second-order valence-corrected chi connectivity index (χ2v) is 6.85. The number of nitrogens with one attached hydrogen (secondary N) is 1. The van der Waals surface area contributed by atoms with Gasteiger partial charge in [-0.3, -0.25) is 0 Å². The smallest absolute Gasteiger partial charge is 0.337 e. The lowest BCUT2D eigenvalue weighted by atomic mass is 9.80. The van der Waals surface area contributed by atoms with E-state index in [4.69, 9.17) is 9.47 Å². The molecular formula is C24H25NO4. The molecule has 5 nitrogen and oxygen atoms in total. The molecule has 1 aliphatic heterocycles. The average Bonchev–Trinajstić information content (AvgIpc) is 2.71. The van der Waals surface area contributed by atoms with Gasteiger partial charge in [-0.2, -0.15) is 0 Å². The molecule has 1 atom stereocenters. The first kappa shape index (κ1) is 20.4. The molecule has 150 valence electrons. The number of ether oxygens (including phenoxy) is 2. The van der Waals surface area contributed by atoms with Crippen LogP contribution in [-0.2, 0) is 19.1 Å². The number of hydrogen-bond acceptors (Lipinski definition) is 5. The number of benzene rings is 2. The number of fused-ring (bicyclic) bond motifs is 1. The van der Waals surface area contributed by atoms with Gasteiger partial charge in [-0.05, 0) is 37.1 Å². The van der Waals surface area contributed by atoms with Gasteiger partial charge in [0.05, 0.1) is 23.7 Å². The number of carbonyl (C=O) groups is 2. The van der Waals surface area contributed by atoms with Crippen LogP contribution in [0.1, 0.15) is 32.3 Å². The molecule has 0 saturated carbocycles. The summed E-state index contributed by atoms with van der Waals surface area (Å²) < 4.78 is 10.6. The minimum absolute atomic E-state index is 0.0947. The molecule has 0 saturated heterocycles. The van der Waals surface area contributed by atoms with Crippen molar-refractivity contribution in [2.45, 2.75) is 26.7 Å². The summed E-state index contributed by atoms with van der Waals surface area (Å²) in [6.45, 7) is 9.32. The number of allylic oxidation sites excluding steroid dienone is 2. The maximum absolute atomic E-state index is 12.9.